The van der Waals surface area contributed by atoms with Gasteiger partial charge in [-0.05, 0) is 78.2 Å². The van der Waals surface area contributed by atoms with Crippen molar-refractivity contribution in [1.82, 2.24) is 0 Å². The van der Waals surface area contributed by atoms with Gasteiger partial charge in [-0.2, -0.15) is 0 Å². The fourth-order valence-electron chi connectivity index (χ4n) is 3.41. The number of hydrogen-bond acceptors (Lipinski definition) is 4. The number of rotatable bonds is 6. The van der Waals surface area contributed by atoms with Gasteiger partial charge in [-0.15, -0.1) is 0 Å². The summed E-state index contributed by atoms with van der Waals surface area (Å²) in [5.41, 5.74) is 17.3. The Morgan fingerprint density at radius 2 is 0.970 bits per heavy atom. The first kappa shape index (κ1) is 21.6. The maximum absolute atomic E-state index is 12.4. The number of nitrogens with two attached hydrogens (primary N) is 2. The van der Waals surface area contributed by atoms with Gasteiger partial charge >= 0.3 is 0 Å². The van der Waals surface area contributed by atoms with Crippen molar-refractivity contribution in [3.63, 3.8) is 0 Å². The molecule has 2 amide bonds. The van der Waals surface area contributed by atoms with Gasteiger partial charge in [-0.3, -0.25) is 9.59 Å². The van der Waals surface area contributed by atoms with Crippen molar-refractivity contribution in [2.45, 2.75) is 6.42 Å². The predicted octanol–water partition coefficient (Wildman–Crippen LogP) is 4.95. The van der Waals surface area contributed by atoms with E-state index in [-0.39, 0.29) is 11.8 Å². The molecule has 0 aliphatic rings. The highest BCUT2D eigenvalue weighted by molar-refractivity contribution is 6.05. The zero-order valence-electron chi connectivity index (χ0n) is 17.9. The van der Waals surface area contributed by atoms with Crippen molar-refractivity contribution < 1.29 is 9.59 Å². The Morgan fingerprint density at radius 3 is 1.33 bits per heavy atom. The second-order valence-corrected chi connectivity index (χ2v) is 7.73. The summed E-state index contributed by atoms with van der Waals surface area (Å²) >= 11 is 0. The van der Waals surface area contributed by atoms with Crippen LogP contribution in [0.2, 0.25) is 0 Å². The third-order valence-corrected chi connectivity index (χ3v) is 5.13. The molecule has 0 saturated heterocycles. The fourth-order valence-corrected chi connectivity index (χ4v) is 3.41. The summed E-state index contributed by atoms with van der Waals surface area (Å²) in [6.45, 7) is 0. The van der Waals surface area contributed by atoms with E-state index >= 15 is 0 Å². The molecule has 164 valence electrons. The highest BCUT2D eigenvalue weighted by atomic mass is 16.2. The summed E-state index contributed by atoms with van der Waals surface area (Å²) in [4.78, 5) is 24.7. The van der Waals surface area contributed by atoms with Crippen LogP contribution in [0.15, 0.2) is 97.1 Å². The molecule has 4 aromatic carbocycles. The van der Waals surface area contributed by atoms with Gasteiger partial charge < -0.3 is 22.1 Å². The van der Waals surface area contributed by atoms with Gasteiger partial charge in [-0.1, -0.05) is 36.4 Å². The van der Waals surface area contributed by atoms with Crippen LogP contribution in [0.3, 0.4) is 0 Å². The van der Waals surface area contributed by atoms with Crippen molar-refractivity contribution in [2.24, 2.45) is 0 Å². The first-order valence-corrected chi connectivity index (χ1v) is 10.5. The standard InChI is InChI=1S/C27H24N4O2/c28-22-5-1-3-20(16-22)26(32)30-24-11-7-18(8-12-24)15-19-9-13-25(14-10-19)31-27(33)21-4-2-6-23(29)17-21/h1-14,16-17H,15,28-29H2,(H,30,32)(H,31,33). The molecule has 4 aromatic rings. The molecule has 0 radical (unpaired) electrons. The normalized spacial score (nSPS) is 10.4. The number of carbonyl (C=O) groups is 2. The maximum atomic E-state index is 12.4. The Labute approximate surface area is 192 Å². The zero-order valence-corrected chi connectivity index (χ0v) is 17.9. The Morgan fingerprint density at radius 1 is 0.576 bits per heavy atom. The number of nitrogen functional groups attached to an aromatic ring is 2. The number of nitrogens with one attached hydrogen (secondary N) is 2. The van der Waals surface area contributed by atoms with Crippen LogP contribution in [0, 0.1) is 0 Å². The topological polar surface area (TPSA) is 110 Å². The van der Waals surface area contributed by atoms with Crippen LogP contribution >= 0.6 is 0 Å². The molecule has 0 saturated carbocycles. The number of carbonyl (C=O) groups excluding carboxylic acids is 2. The molecule has 4 rings (SSSR count). The molecule has 0 unspecified atom stereocenters. The number of benzene rings is 4. The minimum Gasteiger partial charge on any atom is -0.399 e. The molecule has 0 spiro atoms. The summed E-state index contributed by atoms with van der Waals surface area (Å²) in [5, 5.41) is 5.75. The van der Waals surface area contributed by atoms with Crippen LogP contribution in [0.25, 0.3) is 0 Å². The Hall–Kier alpha value is -4.58. The fraction of sp³-hybridized carbons (Fsp3) is 0.0370. The number of hydrogen-bond donors (Lipinski definition) is 4. The minimum absolute atomic E-state index is 0.203. The molecule has 0 heterocycles. The largest absolute Gasteiger partial charge is 0.399 e. The molecule has 0 bridgehead atoms. The number of amides is 2. The molecule has 33 heavy (non-hydrogen) atoms. The predicted molar refractivity (Wildman–Crippen MR) is 133 cm³/mol. The zero-order chi connectivity index (χ0) is 23.2. The van der Waals surface area contributed by atoms with E-state index in [1.807, 2.05) is 48.5 Å². The molecule has 0 fully saturated rings. The van der Waals surface area contributed by atoms with Gasteiger partial charge in [0.1, 0.15) is 0 Å². The summed E-state index contributed by atoms with van der Waals surface area (Å²) in [7, 11) is 0. The van der Waals surface area contributed by atoms with Gasteiger partial charge in [0.25, 0.3) is 11.8 Å². The summed E-state index contributed by atoms with van der Waals surface area (Å²) in [6.07, 6.45) is 0.729. The maximum Gasteiger partial charge on any atom is 0.255 e. The van der Waals surface area contributed by atoms with Crippen molar-refractivity contribution in [1.29, 1.82) is 0 Å². The molecule has 6 heteroatoms. The van der Waals surface area contributed by atoms with Crippen LogP contribution in [0.5, 0.6) is 0 Å². The summed E-state index contributed by atoms with van der Waals surface area (Å²) < 4.78 is 0. The Kier molecular flexibility index (Phi) is 6.36. The first-order valence-electron chi connectivity index (χ1n) is 10.5. The van der Waals surface area contributed by atoms with E-state index < -0.39 is 0 Å². The summed E-state index contributed by atoms with van der Waals surface area (Å²) in [6, 6.07) is 29.1. The van der Waals surface area contributed by atoms with Crippen LogP contribution in [-0.4, -0.2) is 11.8 Å². The number of anilines is 4. The smallest absolute Gasteiger partial charge is 0.255 e. The molecular weight excluding hydrogens is 412 g/mol. The highest BCUT2D eigenvalue weighted by Gasteiger charge is 2.08. The second kappa shape index (κ2) is 9.70. The second-order valence-electron chi connectivity index (χ2n) is 7.73. The van der Waals surface area contributed by atoms with Gasteiger partial charge in [0.2, 0.25) is 0 Å². The summed E-state index contributed by atoms with van der Waals surface area (Å²) in [5.74, 6) is -0.406. The lowest BCUT2D eigenvalue weighted by Crippen LogP contribution is -2.12. The van der Waals surface area contributed by atoms with Gasteiger partial charge in [0.05, 0.1) is 0 Å². The molecule has 0 aliphatic heterocycles. The average Bonchev–Trinajstić information content (AvgIpc) is 2.81. The van der Waals surface area contributed by atoms with E-state index in [1.54, 1.807) is 48.5 Å². The van der Waals surface area contributed by atoms with Crippen molar-refractivity contribution in [2.75, 3.05) is 22.1 Å². The van der Waals surface area contributed by atoms with Crippen LogP contribution in [0.1, 0.15) is 31.8 Å². The van der Waals surface area contributed by atoms with Gasteiger partial charge in [-0.25, -0.2) is 0 Å². The highest BCUT2D eigenvalue weighted by Crippen LogP contribution is 2.18. The first-order chi connectivity index (χ1) is 16.0. The molecule has 6 nitrogen and oxygen atoms in total. The molecular formula is C27H24N4O2. The van der Waals surface area contributed by atoms with Gasteiger partial charge in [0, 0.05) is 33.9 Å². The molecule has 0 aliphatic carbocycles. The van der Waals surface area contributed by atoms with Crippen LogP contribution < -0.4 is 22.1 Å². The third kappa shape index (κ3) is 5.77. The van der Waals surface area contributed by atoms with Crippen molar-refractivity contribution in [3.05, 3.63) is 119 Å². The quantitative estimate of drug-likeness (QED) is 0.321. The molecule has 0 aromatic heterocycles. The van der Waals surface area contributed by atoms with Gasteiger partial charge in [0.15, 0.2) is 0 Å². The van der Waals surface area contributed by atoms with E-state index in [0.717, 1.165) is 17.5 Å². The van der Waals surface area contributed by atoms with E-state index in [9.17, 15) is 9.59 Å². The minimum atomic E-state index is -0.203. The van der Waals surface area contributed by atoms with Crippen molar-refractivity contribution in [3.8, 4) is 0 Å². The van der Waals surface area contributed by atoms with Crippen LogP contribution in [-0.2, 0) is 6.42 Å². The van der Waals surface area contributed by atoms with E-state index in [0.29, 0.717) is 33.9 Å². The molecule has 0 atom stereocenters. The monoisotopic (exact) mass is 436 g/mol. The van der Waals surface area contributed by atoms with E-state index in [1.165, 1.54) is 0 Å². The van der Waals surface area contributed by atoms with E-state index in [2.05, 4.69) is 10.6 Å². The Balaban J connectivity index is 1.34. The Bertz CT molecular complexity index is 1180. The van der Waals surface area contributed by atoms with Crippen molar-refractivity contribution >= 4 is 34.6 Å². The lowest BCUT2D eigenvalue weighted by molar-refractivity contribution is 0.101. The lowest BCUT2D eigenvalue weighted by atomic mass is 10.0. The van der Waals surface area contributed by atoms with E-state index in [4.69, 9.17) is 11.5 Å². The SMILES string of the molecule is Nc1cccc(C(=O)Nc2ccc(Cc3ccc(NC(=O)c4cccc(N)c4)cc3)cc2)c1. The lowest BCUT2D eigenvalue weighted by Gasteiger charge is -2.09. The third-order valence-electron chi connectivity index (χ3n) is 5.13. The van der Waals surface area contributed by atoms with Crippen LogP contribution in [0.4, 0.5) is 22.7 Å². The average molecular weight is 437 g/mol. The molecule has 6 N–H and O–H groups in total.